The highest BCUT2D eigenvalue weighted by atomic mass is 16.2. The molecule has 0 spiro atoms. The molecule has 0 aromatic carbocycles. The molecule has 0 aliphatic carbocycles. The monoisotopic (exact) mass is 156 g/mol. The summed E-state index contributed by atoms with van der Waals surface area (Å²) in [6.45, 7) is 7.49. The van der Waals surface area contributed by atoms with Gasteiger partial charge in [-0.1, -0.05) is 20.8 Å². The average Bonchev–Trinajstić information content (AvgIpc) is 1.80. The van der Waals surface area contributed by atoms with Crippen LogP contribution < -0.4 is 0 Å². The summed E-state index contributed by atoms with van der Waals surface area (Å²) in [6, 6.07) is 0. The number of hydrogen-bond donors (Lipinski definition) is 0. The van der Waals surface area contributed by atoms with Gasteiger partial charge in [-0.2, -0.15) is 0 Å². The van der Waals surface area contributed by atoms with E-state index in [1.807, 2.05) is 0 Å². The molecule has 0 amide bonds. The maximum absolute atomic E-state index is 10.8. The molecule has 0 saturated heterocycles. The number of hydrogen-bond acceptors (Lipinski definition) is 2. The van der Waals surface area contributed by atoms with Crippen LogP contribution in [0.3, 0.4) is 0 Å². The van der Waals surface area contributed by atoms with E-state index >= 15 is 0 Å². The van der Waals surface area contributed by atoms with Gasteiger partial charge in [0, 0.05) is 13.3 Å². The minimum atomic E-state index is -0.325. The van der Waals surface area contributed by atoms with Crippen molar-refractivity contribution in [1.82, 2.24) is 0 Å². The highest BCUT2D eigenvalue weighted by Crippen LogP contribution is 2.20. The van der Waals surface area contributed by atoms with Gasteiger partial charge in [-0.3, -0.25) is 9.59 Å². The number of Topliss-reactive ketones (excluding diaryl/α,β-unsaturated/α-hetero) is 2. The second-order valence-electron chi connectivity index (χ2n) is 4.04. The maximum Gasteiger partial charge on any atom is 0.198 e. The normalized spacial score (nSPS) is 11.3. The van der Waals surface area contributed by atoms with Gasteiger partial charge in [0.15, 0.2) is 11.6 Å². The first-order chi connectivity index (χ1) is 4.83. The maximum atomic E-state index is 10.8. The van der Waals surface area contributed by atoms with Gasteiger partial charge < -0.3 is 0 Å². The molecule has 0 aromatic rings. The molecule has 2 nitrogen and oxygen atoms in total. The van der Waals surface area contributed by atoms with Crippen molar-refractivity contribution >= 4 is 11.6 Å². The zero-order chi connectivity index (χ0) is 9.07. The van der Waals surface area contributed by atoms with Crippen LogP contribution in [0.15, 0.2) is 0 Å². The summed E-state index contributed by atoms with van der Waals surface area (Å²) in [5.41, 5.74) is 0.144. The zero-order valence-corrected chi connectivity index (χ0v) is 7.73. The molecule has 0 fully saturated rings. The lowest BCUT2D eigenvalue weighted by Gasteiger charge is -2.16. The number of carbonyl (C=O) groups is 2. The van der Waals surface area contributed by atoms with E-state index in [9.17, 15) is 9.59 Å². The Morgan fingerprint density at radius 3 is 1.91 bits per heavy atom. The molecule has 64 valence electrons. The first kappa shape index (κ1) is 10.3. The van der Waals surface area contributed by atoms with Crippen molar-refractivity contribution in [3.05, 3.63) is 0 Å². The van der Waals surface area contributed by atoms with E-state index < -0.39 is 0 Å². The van der Waals surface area contributed by atoms with E-state index in [1.54, 1.807) is 0 Å². The predicted molar refractivity (Wildman–Crippen MR) is 44.4 cm³/mol. The van der Waals surface area contributed by atoms with Crippen LogP contribution in [0.25, 0.3) is 0 Å². The zero-order valence-electron chi connectivity index (χ0n) is 7.73. The summed E-state index contributed by atoms with van der Waals surface area (Å²) in [4.78, 5) is 21.4. The Morgan fingerprint density at radius 2 is 1.64 bits per heavy atom. The quantitative estimate of drug-likeness (QED) is 0.585. The van der Waals surface area contributed by atoms with Crippen molar-refractivity contribution in [2.24, 2.45) is 5.41 Å². The summed E-state index contributed by atoms with van der Waals surface area (Å²) >= 11 is 0. The Morgan fingerprint density at radius 1 is 1.18 bits per heavy atom. The van der Waals surface area contributed by atoms with Crippen LogP contribution >= 0.6 is 0 Å². The number of ketones is 2. The molecule has 0 aliphatic rings. The Bertz CT molecular complexity index is 163. The number of carbonyl (C=O) groups excluding carboxylic acids is 2. The van der Waals surface area contributed by atoms with Gasteiger partial charge in [0.1, 0.15) is 0 Å². The predicted octanol–water partition coefficient (Wildman–Crippen LogP) is 1.97. The van der Waals surface area contributed by atoms with Crippen molar-refractivity contribution < 1.29 is 9.59 Å². The fourth-order valence-electron chi connectivity index (χ4n) is 0.665. The van der Waals surface area contributed by atoms with Gasteiger partial charge in [-0.05, 0) is 11.8 Å². The summed E-state index contributed by atoms with van der Waals surface area (Å²) in [5.74, 6) is -0.575. The highest BCUT2D eigenvalue weighted by Gasteiger charge is 2.14. The van der Waals surface area contributed by atoms with Crippen LogP contribution in [0.1, 0.15) is 40.5 Å². The van der Waals surface area contributed by atoms with Crippen molar-refractivity contribution in [2.45, 2.75) is 40.5 Å². The van der Waals surface area contributed by atoms with Crippen LogP contribution in [-0.4, -0.2) is 11.6 Å². The molecule has 0 aliphatic heterocycles. The number of rotatable bonds is 3. The van der Waals surface area contributed by atoms with E-state index in [2.05, 4.69) is 20.8 Å². The molecule has 0 heterocycles. The van der Waals surface area contributed by atoms with Gasteiger partial charge in [0.2, 0.25) is 0 Å². The minimum absolute atomic E-state index is 0.144. The Hall–Kier alpha value is -0.660. The van der Waals surface area contributed by atoms with Crippen molar-refractivity contribution in [3.63, 3.8) is 0 Å². The van der Waals surface area contributed by atoms with Crippen LogP contribution in [-0.2, 0) is 9.59 Å². The first-order valence-electron chi connectivity index (χ1n) is 3.87. The summed E-state index contributed by atoms with van der Waals surface area (Å²) in [5, 5.41) is 0. The van der Waals surface area contributed by atoms with Crippen molar-refractivity contribution in [1.29, 1.82) is 0 Å². The lowest BCUT2D eigenvalue weighted by atomic mass is 9.89. The van der Waals surface area contributed by atoms with Gasteiger partial charge >= 0.3 is 0 Å². The third-order valence-electron chi connectivity index (χ3n) is 1.49. The van der Waals surface area contributed by atoms with E-state index in [0.717, 1.165) is 6.42 Å². The topological polar surface area (TPSA) is 34.1 Å². The summed E-state index contributed by atoms with van der Waals surface area (Å²) in [7, 11) is 0. The lowest BCUT2D eigenvalue weighted by molar-refractivity contribution is -0.135. The smallest absolute Gasteiger partial charge is 0.198 e. The fourth-order valence-corrected chi connectivity index (χ4v) is 0.665. The van der Waals surface area contributed by atoms with E-state index in [4.69, 9.17) is 0 Å². The van der Waals surface area contributed by atoms with E-state index in [0.29, 0.717) is 6.42 Å². The molecule has 11 heavy (non-hydrogen) atoms. The van der Waals surface area contributed by atoms with Crippen LogP contribution in [0, 0.1) is 5.41 Å². The van der Waals surface area contributed by atoms with E-state index in [-0.39, 0.29) is 17.0 Å². The van der Waals surface area contributed by atoms with Crippen LogP contribution in [0.4, 0.5) is 0 Å². The van der Waals surface area contributed by atoms with Crippen LogP contribution in [0.5, 0.6) is 0 Å². The first-order valence-corrected chi connectivity index (χ1v) is 3.87. The Balaban J connectivity index is 3.73. The second-order valence-corrected chi connectivity index (χ2v) is 4.04. The highest BCUT2D eigenvalue weighted by molar-refractivity contribution is 6.36. The van der Waals surface area contributed by atoms with Gasteiger partial charge in [-0.25, -0.2) is 0 Å². The van der Waals surface area contributed by atoms with Crippen molar-refractivity contribution in [2.75, 3.05) is 0 Å². The molecule has 0 bridgehead atoms. The molecule has 0 aromatic heterocycles. The standard InChI is InChI=1S/C9H16O2/c1-7(10)8(11)5-6-9(2,3)4/h5-6H2,1-4H3. The molecule has 0 radical (unpaired) electrons. The van der Waals surface area contributed by atoms with Gasteiger partial charge in [-0.15, -0.1) is 0 Å². The third kappa shape index (κ3) is 5.77. The van der Waals surface area contributed by atoms with Crippen molar-refractivity contribution in [3.8, 4) is 0 Å². The Kier molecular flexibility index (Phi) is 3.43. The SMILES string of the molecule is CC(=O)C(=O)CCC(C)(C)C. The van der Waals surface area contributed by atoms with Crippen LogP contribution in [0.2, 0.25) is 0 Å². The summed E-state index contributed by atoms with van der Waals surface area (Å²) in [6.07, 6.45) is 1.17. The molecule has 2 heteroatoms. The van der Waals surface area contributed by atoms with Gasteiger partial charge in [0.05, 0.1) is 0 Å². The molecule has 0 N–H and O–H groups in total. The molecule has 0 unspecified atom stereocenters. The fraction of sp³-hybridized carbons (Fsp3) is 0.778. The molecular formula is C9H16O2. The van der Waals surface area contributed by atoms with Gasteiger partial charge in [0.25, 0.3) is 0 Å². The largest absolute Gasteiger partial charge is 0.291 e. The molecular weight excluding hydrogens is 140 g/mol. The second kappa shape index (κ2) is 3.65. The summed E-state index contributed by atoms with van der Waals surface area (Å²) < 4.78 is 0. The Labute approximate surface area is 68.0 Å². The molecule has 0 rings (SSSR count). The molecule has 0 saturated carbocycles. The molecule has 0 atom stereocenters. The lowest BCUT2D eigenvalue weighted by Crippen LogP contribution is -2.13. The minimum Gasteiger partial charge on any atom is -0.291 e. The van der Waals surface area contributed by atoms with E-state index in [1.165, 1.54) is 6.92 Å². The average molecular weight is 156 g/mol. The third-order valence-corrected chi connectivity index (χ3v) is 1.49.